The van der Waals surface area contributed by atoms with Gasteiger partial charge in [0.15, 0.2) is 5.78 Å². The fourth-order valence-corrected chi connectivity index (χ4v) is 2.92. The van der Waals surface area contributed by atoms with E-state index < -0.39 is 0 Å². The van der Waals surface area contributed by atoms with Crippen molar-refractivity contribution in [2.75, 3.05) is 19.7 Å². The Hall–Kier alpha value is -1.35. The van der Waals surface area contributed by atoms with Gasteiger partial charge in [0, 0.05) is 5.41 Å². The molecule has 3 nitrogen and oxygen atoms in total. The Labute approximate surface area is 121 Å². The molecule has 0 aliphatic carbocycles. The molecule has 0 amide bonds. The standard InChI is InChI=1S/C17H25NO2/c1-3-13-20-15-8-6-5-7-14(15)16(19)17(4-2)9-11-18-12-10-17/h5-8,18H,3-4,9-13H2,1-2H3. The summed E-state index contributed by atoms with van der Waals surface area (Å²) in [6, 6.07) is 7.68. The fourth-order valence-electron chi connectivity index (χ4n) is 2.92. The minimum atomic E-state index is -0.211. The first-order valence-electron chi connectivity index (χ1n) is 7.71. The van der Waals surface area contributed by atoms with E-state index in [0.29, 0.717) is 6.61 Å². The number of Topliss-reactive ketones (excluding diaryl/α,β-unsaturated/α-hetero) is 1. The number of rotatable bonds is 6. The molecule has 1 heterocycles. The van der Waals surface area contributed by atoms with Gasteiger partial charge in [-0.15, -0.1) is 0 Å². The van der Waals surface area contributed by atoms with Crippen LogP contribution < -0.4 is 10.1 Å². The van der Waals surface area contributed by atoms with Gasteiger partial charge in [-0.3, -0.25) is 4.79 Å². The zero-order chi connectivity index (χ0) is 14.4. The van der Waals surface area contributed by atoms with E-state index in [1.54, 1.807) is 0 Å². The van der Waals surface area contributed by atoms with E-state index in [2.05, 4.69) is 19.2 Å². The van der Waals surface area contributed by atoms with Crippen LogP contribution in [-0.4, -0.2) is 25.5 Å². The third kappa shape index (κ3) is 3.04. The Morgan fingerprint density at radius 1 is 1.25 bits per heavy atom. The second kappa shape index (κ2) is 6.89. The zero-order valence-electron chi connectivity index (χ0n) is 12.6. The van der Waals surface area contributed by atoms with Crippen molar-refractivity contribution in [1.82, 2.24) is 5.32 Å². The summed E-state index contributed by atoms with van der Waals surface area (Å²) in [4.78, 5) is 13.0. The summed E-state index contributed by atoms with van der Waals surface area (Å²) in [5.74, 6) is 0.999. The number of benzene rings is 1. The minimum absolute atomic E-state index is 0.211. The molecule has 20 heavy (non-hydrogen) atoms. The smallest absolute Gasteiger partial charge is 0.172 e. The molecule has 0 unspecified atom stereocenters. The topological polar surface area (TPSA) is 38.3 Å². The van der Waals surface area contributed by atoms with Gasteiger partial charge in [-0.25, -0.2) is 0 Å². The van der Waals surface area contributed by atoms with E-state index in [1.807, 2.05) is 24.3 Å². The van der Waals surface area contributed by atoms with Gasteiger partial charge in [0.05, 0.1) is 12.2 Å². The number of nitrogens with one attached hydrogen (secondary N) is 1. The summed E-state index contributed by atoms with van der Waals surface area (Å²) < 4.78 is 5.75. The van der Waals surface area contributed by atoms with Gasteiger partial charge >= 0.3 is 0 Å². The number of hydrogen-bond acceptors (Lipinski definition) is 3. The van der Waals surface area contributed by atoms with E-state index in [4.69, 9.17) is 4.74 Å². The summed E-state index contributed by atoms with van der Waals surface area (Å²) in [5, 5.41) is 3.35. The van der Waals surface area contributed by atoms with Crippen molar-refractivity contribution in [1.29, 1.82) is 0 Å². The maximum Gasteiger partial charge on any atom is 0.172 e. The number of ether oxygens (including phenoxy) is 1. The lowest BCUT2D eigenvalue weighted by Crippen LogP contribution is -2.42. The van der Waals surface area contributed by atoms with Crippen LogP contribution in [0.2, 0.25) is 0 Å². The minimum Gasteiger partial charge on any atom is -0.493 e. The highest BCUT2D eigenvalue weighted by Gasteiger charge is 2.39. The molecule has 1 saturated heterocycles. The molecule has 1 aliphatic heterocycles. The Kier molecular flexibility index (Phi) is 5.18. The van der Waals surface area contributed by atoms with Gasteiger partial charge in [0.2, 0.25) is 0 Å². The van der Waals surface area contributed by atoms with Crippen molar-refractivity contribution in [3.8, 4) is 5.75 Å². The van der Waals surface area contributed by atoms with Crippen molar-refractivity contribution >= 4 is 5.78 Å². The van der Waals surface area contributed by atoms with Crippen LogP contribution in [0.25, 0.3) is 0 Å². The molecule has 0 radical (unpaired) electrons. The van der Waals surface area contributed by atoms with Crippen molar-refractivity contribution < 1.29 is 9.53 Å². The van der Waals surface area contributed by atoms with Crippen LogP contribution in [0.5, 0.6) is 5.75 Å². The molecule has 0 spiro atoms. The monoisotopic (exact) mass is 275 g/mol. The summed E-state index contributed by atoms with van der Waals surface area (Å²) in [6.45, 7) is 6.71. The van der Waals surface area contributed by atoms with Gasteiger partial charge in [0.25, 0.3) is 0 Å². The summed E-state index contributed by atoms with van der Waals surface area (Å²) in [7, 11) is 0. The van der Waals surface area contributed by atoms with Gasteiger partial charge in [-0.05, 0) is 50.9 Å². The van der Waals surface area contributed by atoms with Crippen LogP contribution in [0.1, 0.15) is 49.9 Å². The predicted octanol–water partition coefficient (Wildman–Crippen LogP) is 3.44. The number of carbonyl (C=O) groups excluding carboxylic acids is 1. The third-order valence-corrected chi connectivity index (χ3v) is 4.31. The molecule has 0 saturated carbocycles. The van der Waals surface area contributed by atoms with Crippen molar-refractivity contribution in [2.24, 2.45) is 5.41 Å². The Morgan fingerprint density at radius 2 is 1.95 bits per heavy atom. The SMILES string of the molecule is CCCOc1ccccc1C(=O)C1(CC)CCNCC1. The van der Waals surface area contributed by atoms with Crippen LogP contribution in [0.15, 0.2) is 24.3 Å². The summed E-state index contributed by atoms with van der Waals surface area (Å²) in [6.07, 6.45) is 3.69. The first kappa shape index (κ1) is 15.0. The van der Waals surface area contributed by atoms with Crippen molar-refractivity contribution in [3.63, 3.8) is 0 Å². The first-order valence-corrected chi connectivity index (χ1v) is 7.71. The largest absolute Gasteiger partial charge is 0.493 e. The van der Waals surface area contributed by atoms with Gasteiger partial charge < -0.3 is 10.1 Å². The van der Waals surface area contributed by atoms with Crippen LogP contribution >= 0.6 is 0 Å². The average molecular weight is 275 g/mol. The molecule has 1 fully saturated rings. The van der Waals surface area contributed by atoms with E-state index in [9.17, 15) is 4.79 Å². The number of hydrogen-bond donors (Lipinski definition) is 1. The maximum absolute atomic E-state index is 13.0. The fraction of sp³-hybridized carbons (Fsp3) is 0.588. The second-order valence-electron chi connectivity index (χ2n) is 5.56. The highest BCUT2D eigenvalue weighted by Crippen LogP contribution is 2.38. The van der Waals surface area contributed by atoms with Gasteiger partial charge in [-0.2, -0.15) is 0 Å². The maximum atomic E-state index is 13.0. The Balaban J connectivity index is 2.27. The number of ketones is 1. The Bertz CT molecular complexity index is 450. The highest BCUT2D eigenvalue weighted by molar-refractivity contribution is 6.02. The summed E-state index contributed by atoms with van der Waals surface area (Å²) >= 11 is 0. The molecule has 0 bridgehead atoms. The zero-order valence-corrected chi connectivity index (χ0v) is 12.6. The molecule has 1 N–H and O–H groups in total. The first-order chi connectivity index (χ1) is 9.73. The molecular formula is C17H25NO2. The highest BCUT2D eigenvalue weighted by atomic mass is 16.5. The van der Waals surface area contributed by atoms with Gasteiger partial charge in [-0.1, -0.05) is 26.0 Å². The molecule has 1 aromatic carbocycles. The van der Waals surface area contributed by atoms with Crippen LogP contribution in [-0.2, 0) is 0 Å². The lowest BCUT2D eigenvalue weighted by atomic mass is 9.71. The number of piperidine rings is 1. The molecular weight excluding hydrogens is 250 g/mol. The van der Waals surface area contributed by atoms with Crippen LogP contribution in [0, 0.1) is 5.41 Å². The third-order valence-electron chi connectivity index (χ3n) is 4.31. The van der Waals surface area contributed by atoms with E-state index in [1.165, 1.54) is 0 Å². The van der Waals surface area contributed by atoms with Crippen molar-refractivity contribution in [3.05, 3.63) is 29.8 Å². The molecule has 1 aromatic rings. The lowest BCUT2D eigenvalue weighted by molar-refractivity contribution is 0.0713. The lowest BCUT2D eigenvalue weighted by Gasteiger charge is -2.35. The number of carbonyl (C=O) groups is 1. The Morgan fingerprint density at radius 3 is 2.60 bits per heavy atom. The molecule has 110 valence electrons. The van der Waals surface area contributed by atoms with Crippen LogP contribution in [0.3, 0.4) is 0 Å². The predicted molar refractivity (Wildman–Crippen MR) is 81.4 cm³/mol. The normalized spacial score (nSPS) is 17.7. The quantitative estimate of drug-likeness (QED) is 0.808. The molecule has 1 aliphatic rings. The molecule has 2 rings (SSSR count). The van der Waals surface area contributed by atoms with E-state index in [0.717, 1.165) is 50.1 Å². The number of para-hydroxylation sites is 1. The van der Waals surface area contributed by atoms with Gasteiger partial charge in [0.1, 0.15) is 5.75 Å². The molecule has 3 heteroatoms. The van der Waals surface area contributed by atoms with E-state index >= 15 is 0 Å². The second-order valence-corrected chi connectivity index (χ2v) is 5.56. The molecule has 0 atom stereocenters. The van der Waals surface area contributed by atoms with Crippen molar-refractivity contribution in [2.45, 2.75) is 39.5 Å². The van der Waals surface area contributed by atoms with Crippen LogP contribution in [0.4, 0.5) is 0 Å². The average Bonchev–Trinajstić information content (AvgIpc) is 2.53. The molecule has 0 aromatic heterocycles. The van der Waals surface area contributed by atoms with E-state index in [-0.39, 0.29) is 11.2 Å². The summed E-state index contributed by atoms with van der Waals surface area (Å²) in [5.41, 5.74) is 0.543.